The van der Waals surface area contributed by atoms with Crippen LogP contribution in [0.4, 0.5) is 0 Å². The van der Waals surface area contributed by atoms with Crippen LogP contribution in [0.5, 0.6) is 0 Å². The summed E-state index contributed by atoms with van der Waals surface area (Å²) in [5.74, 6) is 0.276. The predicted octanol–water partition coefficient (Wildman–Crippen LogP) is 2.32. The first-order valence-corrected chi connectivity index (χ1v) is 9.37. The molecule has 27 heavy (non-hydrogen) atoms. The molecule has 1 fully saturated rings. The minimum Gasteiger partial charge on any atom is -0.337 e. The first-order chi connectivity index (χ1) is 13.0. The average molecular weight is 364 g/mol. The minimum absolute atomic E-state index is 0.0634. The van der Waals surface area contributed by atoms with Crippen LogP contribution in [0.25, 0.3) is 16.6 Å². The van der Waals surface area contributed by atoms with Crippen molar-refractivity contribution >= 4 is 16.8 Å². The summed E-state index contributed by atoms with van der Waals surface area (Å²) in [4.78, 5) is 19.2. The van der Waals surface area contributed by atoms with Crippen molar-refractivity contribution in [2.45, 2.75) is 32.7 Å². The van der Waals surface area contributed by atoms with Gasteiger partial charge < -0.3 is 10.6 Å². The van der Waals surface area contributed by atoms with Crippen molar-refractivity contribution < 1.29 is 4.79 Å². The molecule has 1 aromatic carbocycles. The second-order valence-corrected chi connectivity index (χ2v) is 7.33. The Morgan fingerprint density at radius 2 is 2.19 bits per heavy atom. The smallest absolute Gasteiger partial charge is 0.276 e. The molecular formula is C20H24N6O. The van der Waals surface area contributed by atoms with Gasteiger partial charge in [0.2, 0.25) is 0 Å². The van der Waals surface area contributed by atoms with Gasteiger partial charge in [0.25, 0.3) is 5.91 Å². The molecule has 0 aliphatic carbocycles. The van der Waals surface area contributed by atoms with Crippen molar-refractivity contribution in [3.63, 3.8) is 0 Å². The van der Waals surface area contributed by atoms with Gasteiger partial charge in [0, 0.05) is 30.7 Å². The average Bonchev–Trinajstić information content (AvgIpc) is 3.08. The highest BCUT2D eigenvalue weighted by Crippen LogP contribution is 2.22. The third kappa shape index (κ3) is 3.30. The van der Waals surface area contributed by atoms with E-state index in [1.54, 1.807) is 10.9 Å². The summed E-state index contributed by atoms with van der Waals surface area (Å²) in [6, 6.07) is 9.89. The van der Waals surface area contributed by atoms with Crippen molar-refractivity contribution in [1.29, 1.82) is 0 Å². The Balaban J connectivity index is 1.62. The van der Waals surface area contributed by atoms with Gasteiger partial charge in [0.1, 0.15) is 0 Å². The SMILES string of the molecule is Cc1c(C(=O)N2CCCC(C(C)N)C2)nnn1-c1ccc2ncccc2c1. The highest BCUT2D eigenvalue weighted by atomic mass is 16.2. The molecule has 7 heteroatoms. The Morgan fingerprint density at radius 1 is 1.33 bits per heavy atom. The van der Waals surface area contributed by atoms with E-state index in [0.717, 1.165) is 41.7 Å². The molecule has 0 spiro atoms. The Labute approximate surface area is 158 Å². The van der Waals surface area contributed by atoms with E-state index >= 15 is 0 Å². The van der Waals surface area contributed by atoms with E-state index in [2.05, 4.69) is 15.3 Å². The summed E-state index contributed by atoms with van der Waals surface area (Å²) in [6.45, 7) is 5.32. The van der Waals surface area contributed by atoms with E-state index in [4.69, 9.17) is 5.73 Å². The molecule has 2 aromatic heterocycles. The number of benzene rings is 1. The van der Waals surface area contributed by atoms with Crippen molar-refractivity contribution in [3.05, 3.63) is 47.9 Å². The number of amides is 1. The first kappa shape index (κ1) is 17.6. The minimum atomic E-state index is -0.0634. The fourth-order valence-corrected chi connectivity index (χ4v) is 3.74. The molecule has 0 bridgehead atoms. The van der Waals surface area contributed by atoms with Gasteiger partial charge in [0.05, 0.1) is 16.9 Å². The number of carbonyl (C=O) groups is 1. The zero-order chi connectivity index (χ0) is 19.0. The Bertz CT molecular complexity index is 980. The third-order valence-electron chi connectivity index (χ3n) is 5.42. The quantitative estimate of drug-likeness (QED) is 0.770. The van der Waals surface area contributed by atoms with Gasteiger partial charge in [-0.25, -0.2) is 4.68 Å². The Morgan fingerprint density at radius 3 is 3.00 bits per heavy atom. The van der Waals surface area contributed by atoms with Crippen LogP contribution in [0.3, 0.4) is 0 Å². The van der Waals surface area contributed by atoms with E-state index in [9.17, 15) is 4.79 Å². The summed E-state index contributed by atoms with van der Waals surface area (Å²) in [5, 5.41) is 9.45. The Kier molecular flexibility index (Phi) is 4.61. The number of nitrogens with two attached hydrogens (primary N) is 1. The maximum Gasteiger partial charge on any atom is 0.276 e. The number of likely N-dealkylation sites (tertiary alicyclic amines) is 1. The van der Waals surface area contributed by atoms with Crippen LogP contribution < -0.4 is 5.73 Å². The molecule has 3 aromatic rings. The van der Waals surface area contributed by atoms with Crippen LogP contribution in [0.1, 0.15) is 35.9 Å². The van der Waals surface area contributed by atoms with Crippen LogP contribution in [-0.4, -0.2) is 49.9 Å². The second kappa shape index (κ2) is 7.08. The van der Waals surface area contributed by atoms with E-state index in [-0.39, 0.29) is 11.9 Å². The number of rotatable bonds is 3. The number of nitrogens with zero attached hydrogens (tertiary/aromatic N) is 5. The molecule has 4 rings (SSSR count). The zero-order valence-corrected chi connectivity index (χ0v) is 15.7. The van der Waals surface area contributed by atoms with Crippen LogP contribution in [0.15, 0.2) is 36.5 Å². The summed E-state index contributed by atoms with van der Waals surface area (Å²) in [7, 11) is 0. The molecular weight excluding hydrogens is 340 g/mol. The topological polar surface area (TPSA) is 89.9 Å². The van der Waals surface area contributed by atoms with Gasteiger partial charge in [-0.3, -0.25) is 9.78 Å². The molecule has 140 valence electrons. The van der Waals surface area contributed by atoms with Gasteiger partial charge in [0.15, 0.2) is 5.69 Å². The fourth-order valence-electron chi connectivity index (χ4n) is 3.74. The second-order valence-electron chi connectivity index (χ2n) is 7.33. The molecule has 0 saturated carbocycles. The number of aromatic nitrogens is 4. The summed E-state index contributed by atoms with van der Waals surface area (Å²) in [5.41, 5.74) is 8.99. The Hall–Kier alpha value is -2.80. The van der Waals surface area contributed by atoms with Crippen LogP contribution >= 0.6 is 0 Å². The molecule has 0 radical (unpaired) electrons. The maximum absolute atomic E-state index is 13.0. The molecule has 2 N–H and O–H groups in total. The largest absolute Gasteiger partial charge is 0.337 e. The normalized spacial score (nSPS) is 18.6. The van der Waals surface area contributed by atoms with E-state index in [1.165, 1.54) is 0 Å². The molecule has 2 unspecified atom stereocenters. The lowest BCUT2D eigenvalue weighted by Crippen LogP contribution is -2.45. The monoisotopic (exact) mass is 364 g/mol. The number of hydrogen-bond acceptors (Lipinski definition) is 5. The van der Waals surface area contributed by atoms with Gasteiger partial charge >= 0.3 is 0 Å². The highest BCUT2D eigenvalue weighted by molar-refractivity contribution is 5.93. The number of piperidine rings is 1. The molecule has 2 atom stereocenters. The van der Waals surface area contributed by atoms with E-state index in [1.807, 2.05) is 49.1 Å². The summed E-state index contributed by atoms with van der Waals surface area (Å²) >= 11 is 0. The number of pyridine rings is 1. The molecule has 1 aliphatic heterocycles. The van der Waals surface area contributed by atoms with Crippen molar-refractivity contribution in [2.75, 3.05) is 13.1 Å². The van der Waals surface area contributed by atoms with Gasteiger partial charge in [-0.2, -0.15) is 0 Å². The number of carbonyl (C=O) groups excluding carboxylic acids is 1. The molecule has 7 nitrogen and oxygen atoms in total. The van der Waals surface area contributed by atoms with Gasteiger partial charge in [-0.1, -0.05) is 11.3 Å². The maximum atomic E-state index is 13.0. The first-order valence-electron chi connectivity index (χ1n) is 9.37. The summed E-state index contributed by atoms with van der Waals surface area (Å²) in [6.07, 6.45) is 3.81. The third-order valence-corrected chi connectivity index (χ3v) is 5.42. The van der Waals surface area contributed by atoms with Crippen molar-refractivity contribution in [3.8, 4) is 5.69 Å². The predicted molar refractivity (Wildman–Crippen MR) is 104 cm³/mol. The van der Waals surface area contributed by atoms with Gasteiger partial charge in [-0.05, 0) is 56.9 Å². The standard InChI is InChI=1S/C20H24N6O/c1-13(21)16-6-4-10-25(12-16)20(27)19-14(2)26(24-23-19)17-7-8-18-15(11-17)5-3-9-22-18/h3,5,7-9,11,13,16H,4,6,10,12,21H2,1-2H3. The molecule has 1 saturated heterocycles. The van der Waals surface area contributed by atoms with Crippen LogP contribution in [-0.2, 0) is 0 Å². The lowest BCUT2D eigenvalue weighted by Gasteiger charge is -2.34. The zero-order valence-electron chi connectivity index (χ0n) is 15.7. The van der Waals surface area contributed by atoms with Crippen LogP contribution in [0.2, 0.25) is 0 Å². The van der Waals surface area contributed by atoms with E-state index < -0.39 is 0 Å². The van der Waals surface area contributed by atoms with Gasteiger partial charge in [-0.15, -0.1) is 5.10 Å². The lowest BCUT2D eigenvalue weighted by atomic mass is 9.92. The van der Waals surface area contributed by atoms with Crippen molar-refractivity contribution in [1.82, 2.24) is 24.9 Å². The number of fused-ring (bicyclic) bond motifs is 1. The lowest BCUT2D eigenvalue weighted by molar-refractivity contribution is 0.0654. The van der Waals surface area contributed by atoms with Crippen molar-refractivity contribution in [2.24, 2.45) is 11.7 Å². The number of hydrogen-bond donors (Lipinski definition) is 1. The van der Waals surface area contributed by atoms with Crippen LogP contribution in [0, 0.1) is 12.8 Å². The fraction of sp³-hybridized carbons (Fsp3) is 0.400. The molecule has 1 aliphatic rings. The molecule has 3 heterocycles. The molecule has 1 amide bonds. The highest BCUT2D eigenvalue weighted by Gasteiger charge is 2.29. The van der Waals surface area contributed by atoms with E-state index in [0.29, 0.717) is 18.2 Å². The summed E-state index contributed by atoms with van der Waals surface area (Å²) < 4.78 is 1.71.